The summed E-state index contributed by atoms with van der Waals surface area (Å²) in [5.41, 5.74) is -1.04. The molecule has 0 aliphatic rings. The molecule has 1 rings (SSSR count). The average molecular weight is 185 g/mol. The molecule has 1 atom stereocenters. The van der Waals surface area contributed by atoms with Gasteiger partial charge in [-0.05, 0) is 6.92 Å². The second kappa shape index (κ2) is 3.90. The van der Waals surface area contributed by atoms with Crippen molar-refractivity contribution in [1.29, 1.82) is 0 Å². The van der Waals surface area contributed by atoms with Crippen molar-refractivity contribution < 1.29 is 5.11 Å². The Hall–Kier alpha value is -1.56. The van der Waals surface area contributed by atoms with Crippen molar-refractivity contribution >= 4 is 5.82 Å². The first kappa shape index (κ1) is 9.53. The van der Waals surface area contributed by atoms with Gasteiger partial charge in [-0.25, -0.2) is 4.79 Å². The molecule has 0 saturated carbocycles. The molecule has 0 aliphatic heterocycles. The van der Waals surface area contributed by atoms with E-state index in [9.17, 15) is 9.59 Å². The fourth-order valence-electron chi connectivity index (χ4n) is 0.822. The molecule has 0 bridgehead atoms. The lowest BCUT2D eigenvalue weighted by molar-refractivity contribution is 0.208. The molecule has 0 aromatic carbocycles. The predicted molar refractivity (Wildman–Crippen MR) is 47.9 cm³/mol. The molecule has 0 radical (unpaired) electrons. The van der Waals surface area contributed by atoms with Crippen LogP contribution in [0.15, 0.2) is 15.7 Å². The summed E-state index contributed by atoms with van der Waals surface area (Å²) in [4.78, 5) is 25.9. The van der Waals surface area contributed by atoms with Crippen molar-refractivity contribution in [3.8, 4) is 0 Å². The number of nitrogens with one attached hydrogen (secondary N) is 3. The van der Waals surface area contributed by atoms with E-state index in [1.165, 1.54) is 6.07 Å². The third-order valence-corrected chi connectivity index (χ3v) is 1.35. The van der Waals surface area contributed by atoms with E-state index in [0.29, 0.717) is 5.82 Å². The summed E-state index contributed by atoms with van der Waals surface area (Å²) >= 11 is 0. The van der Waals surface area contributed by atoms with Crippen molar-refractivity contribution in [1.82, 2.24) is 9.97 Å². The highest BCUT2D eigenvalue weighted by molar-refractivity contribution is 5.31. The molecule has 13 heavy (non-hydrogen) atoms. The predicted octanol–water partition coefficient (Wildman–Crippen LogP) is -1.14. The third-order valence-electron chi connectivity index (χ3n) is 1.35. The fourth-order valence-corrected chi connectivity index (χ4v) is 0.822. The van der Waals surface area contributed by atoms with Gasteiger partial charge >= 0.3 is 5.69 Å². The number of hydrogen-bond donors (Lipinski definition) is 4. The van der Waals surface area contributed by atoms with Gasteiger partial charge < -0.3 is 10.4 Å². The topological polar surface area (TPSA) is 98.0 Å². The summed E-state index contributed by atoms with van der Waals surface area (Å²) in [6.45, 7) is 1.87. The number of hydrogen-bond acceptors (Lipinski definition) is 4. The van der Waals surface area contributed by atoms with Gasteiger partial charge in [0, 0.05) is 12.6 Å². The number of aromatic amines is 2. The molecule has 6 nitrogen and oxygen atoms in total. The fraction of sp³-hybridized carbons (Fsp3) is 0.429. The van der Waals surface area contributed by atoms with Gasteiger partial charge in [0.2, 0.25) is 0 Å². The lowest BCUT2D eigenvalue weighted by Gasteiger charge is -2.06. The number of rotatable bonds is 3. The van der Waals surface area contributed by atoms with E-state index >= 15 is 0 Å². The highest BCUT2D eigenvalue weighted by Gasteiger charge is 1.97. The SMILES string of the molecule is CC(O)CNc1cc(=O)[nH]c(=O)[nH]1. The largest absolute Gasteiger partial charge is 0.392 e. The summed E-state index contributed by atoms with van der Waals surface area (Å²) in [5, 5.41) is 11.6. The number of H-pyrrole nitrogens is 2. The molecule has 0 saturated heterocycles. The van der Waals surface area contributed by atoms with E-state index in [4.69, 9.17) is 5.11 Å². The van der Waals surface area contributed by atoms with Crippen LogP contribution in [0.2, 0.25) is 0 Å². The normalized spacial score (nSPS) is 12.5. The number of aliphatic hydroxyl groups is 1. The Labute approximate surface area is 73.6 Å². The van der Waals surface area contributed by atoms with Crippen LogP contribution in [0.25, 0.3) is 0 Å². The second-order valence-electron chi connectivity index (χ2n) is 2.73. The second-order valence-corrected chi connectivity index (χ2v) is 2.73. The van der Waals surface area contributed by atoms with Gasteiger partial charge in [0.25, 0.3) is 5.56 Å². The molecule has 6 heteroatoms. The first-order valence-electron chi connectivity index (χ1n) is 3.83. The standard InChI is InChI=1S/C7H11N3O3/c1-4(11)3-8-5-2-6(12)10-7(13)9-5/h2,4,11H,3H2,1H3,(H3,8,9,10,12,13). The Morgan fingerprint density at radius 1 is 1.54 bits per heavy atom. The molecular weight excluding hydrogens is 174 g/mol. The highest BCUT2D eigenvalue weighted by Crippen LogP contribution is 1.92. The Morgan fingerprint density at radius 2 is 2.23 bits per heavy atom. The molecule has 0 fully saturated rings. The Bertz CT molecular complexity index is 351. The van der Waals surface area contributed by atoms with Crippen molar-refractivity contribution in [2.75, 3.05) is 11.9 Å². The summed E-state index contributed by atoms with van der Waals surface area (Å²) in [7, 11) is 0. The van der Waals surface area contributed by atoms with Gasteiger partial charge in [-0.15, -0.1) is 0 Å². The van der Waals surface area contributed by atoms with Gasteiger partial charge in [0.05, 0.1) is 6.10 Å². The van der Waals surface area contributed by atoms with Crippen LogP contribution in [0.5, 0.6) is 0 Å². The molecule has 4 N–H and O–H groups in total. The zero-order valence-electron chi connectivity index (χ0n) is 7.13. The maximum absolute atomic E-state index is 10.8. The summed E-state index contributed by atoms with van der Waals surface area (Å²) < 4.78 is 0. The quantitative estimate of drug-likeness (QED) is 0.478. The van der Waals surface area contributed by atoms with E-state index in [1.54, 1.807) is 6.92 Å². The van der Waals surface area contributed by atoms with E-state index in [0.717, 1.165) is 0 Å². The molecule has 0 spiro atoms. The number of aliphatic hydroxyl groups excluding tert-OH is 1. The summed E-state index contributed by atoms with van der Waals surface area (Å²) in [6.07, 6.45) is -0.539. The maximum Gasteiger partial charge on any atom is 0.327 e. The molecule has 1 unspecified atom stereocenters. The summed E-state index contributed by atoms with van der Waals surface area (Å²) in [6, 6.07) is 1.21. The highest BCUT2D eigenvalue weighted by atomic mass is 16.3. The Balaban J connectivity index is 2.78. The van der Waals surface area contributed by atoms with E-state index in [1.807, 2.05) is 4.98 Å². The van der Waals surface area contributed by atoms with Crippen LogP contribution >= 0.6 is 0 Å². The van der Waals surface area contributed by atoms with Crippen LogP contribution < -0.4 is 16.6 Å². The monoisotopic (exact) mass is 185 g/mol. The lowest BCUT2D eigenvalue weighted by Crippen LogP contribution is -2.25. The van der Waals surface area contributed by atoms with E-state index in [2.05, 4.69) is 10.3 Å². The molecule has 72 valence electrons. The third kappa shape index (κ3) is 3.12. The molecule has 0 aliphatic carbocycles. The minimum Gasteiger partial charge on any atom is -0.392 e. The molecule has 1 heterocycles. The zero-order valence-corrected chi connectivity index (χ0v) is 7.13. The van der Waals surface area contributed by atoms with Crippen LogP contribution in [-0.2, 0) is 0 Å². The van der Waals surface area contributed by atoms with Gasteiger partial charge in [-0.3, -0.25) is 14.8 Å². The number of anilines is 1. The van der Waals surface area contributed by atoms with Crippen LogP contribution in [0.4, 0.5) is 5.82 Å². The van der Waals surface area contributed by atoms with E-state index < -0.39 is 17.4 Å². The Morgan fingerprint density at radius 3 is 2.77 bits per heavy atom. The van der Waals surface area contributed by atoms with Crippen molar-refractivity contribution in [3.05, 3.63) is 26.9 Å². The maximum atomic E-state index is 10.8. The zero-order chi connectivity index (χ0) is 9.84. The van der Waals surface area contributed by atoms with Crippen LogP contribution in [0.3, 0.4) is 0 Å². The van der Waals surface area contributed by atoms with Crippen molar-refractivity contribution in [3.63, 3.8) is 0 Å². The minimum atomic E-state index is -0.569. The Kier molecular flexibility index (Phi) is 2.86. The first-order chi connectivity index (χ1) is 6.08. The smallest absolute Gasteiger partial charge is 0.327 e. The first-order valence-corrected chi connectivity index (χ1v) is 3.83. The summed E-state index contributed by atoms with van der Waals surface area (Å²) in [5.74, 6) is 0.301. The van der Waals surface area contributed by atoms with Crippen molar-refractivity contribution in [2.24, 2.45) is 0 Å². The van der Waals surface area contributed by atoms with E-state index in [-0.39, 0.29) is 6.54 Å². The molecule has 1 aromatic heterocycles. The van der Waals surface area contributed by atoms with Gasteiger partial charge in [-0.1, -0.05) is 0 Å². The van der Waals surface area contributed by atoms with Crippen LogP contribution in [0.1, 0.15) is 6.92 Å². The number of aromatic nitrogens is 2. The van der Waals surface area contributed by atoms with Crippen LogP contribution in [-0.4, -0.2) is 27.7 Å². The molecule has 0 amide bonds. The van der Waals surface area contributed by atoms with Gasteiger partial charge in [0.15, 0.2) is 0 Å². The van der Waals surface area contributed by atoms with Crippen LogP contribution in [0, 0.1) is 0 Å². The average Bonchev–Trinajstić information content (AvgIpc) is 1.99. The molecule has 1 aromatic rings. The minimum absolute atomic E-state index is 0.277. The van der Waals surface area contributed by atoms with Gasteiger partial charge in [-0.2, -0.15) is 0 Å². The van der Waals surface area contributed by atoms with Gasteiger partial charge in [0.1, 0.15) is 5.82 Å². The van der Waals surface area contributed by atoms with Crippen molar-refractivity contribution in [2.45, 2.75) is 13.0 Å². The molecular formula is C7H11N3O3. The lowest BCUT2D eigenvalue weighted by atomic mass is 10.4.